The van der Waals surface area contributed by atoms with Gasteiger partial charge in [0.15, 0.2) is 0 Å². The van der Waals surface area contributed by atoms with Crippen LogP contribution in [0.3, 0.4) is 0 Å². The minimum atomic E-state index is 0.617. The van der Waals surface area contributed by atoms with Crippen molar-refractivity contribution in [3.05, 3.63) is 0 Å². The molecule has 0 saturated carbocycles. The number of nitrogens with one attached hydrogen (secondary N) is 2. The minimum Gasteiger partial charge on any atom is -0.301 e. The Morgan fingerprint density at radius 1 is 1.00 bits per heavy atom. The van der Waals surface area contributed by atoms with Gasteiger partial charge in [-0.15, -0.1) is 0 Å². The highest BCUT2D eigenvalue weighted by atomic mass is 15.2. The second kappa shape index (κ2) is 6.44. The topological polar surface area (TPSA) is 24.1 Å². The summed E-state index contributed by atoms with van der Waals surface area (Å²) in [5, 5.41) is 6.87. The lowest BCUT2D eigenvalue weighted by molar-refractivity contribution is 0.476. The number of rotatable bonds is 6. The second-order valence-corrected chi connectivity index (χ2v) is 3.66. The van der Waals surface area contributed by atoms with Crippen LogP contribution in [0.25, 0.3) is 0 Å². The molecule has 2 heteroatoms. The summed E-state index contributed by atoms with van der Waals surface area (Å²) < 4.78 is 0. The summed E-state index contributed by atoms with van der Waals surface area (Å²) in [5.41, 5.74) is 0. The van der Waals surface area contributed by atoms with Gasteiger partial charge in [-0.25, -0.2) is 0 Å². The zero-order valence-corrected chi connectivity index (χ0v) is 8.23. The van der Waals surface area contributed by atoms with Crippen LogP contribution in [0.1, 0.15) is 45.4 Å². The van der Waals surface area contributed by atoms with E-state index in [1.54, 1.807) is 0 Å². The fourth-order valence-electron chi connectivity index (χ4n) is 1.72. The Bertz CT molecular complexity index is 98.0. The Hall–Kier alpha value is -0.0800. The Balaban J connectivity index is 1.81. The van der Waals surface area contributed by atoms with Crippen LogP contribution in [0.2, 0.25) is 0 Å². The fraction of sp³-hybridized carbons (Fsp3) is 1.00. The smallest absolute Gasteiger partial charge is 0.0572 e. The molecule has 1 rings (SSSR count). The maximum Gasteiger partial charge on any atom is 0.0572 e. The van der Waals surface area contributed by atoms with Crippen LogP contribution in [-0.4, -0.2) is 19.3 Å². The SMILES string of the molecule is CCCCCCCC1NCCN1. The molecule has 0 amide bonds. The van der Waals surface area contributed by atoms with Crippen LogP contribution < -0.4 is 10.6 Å². The van der Waals surface area contributed by atoms with Gasteiger partial charge in [0.2, 0.25) is 0 Å². The molecule has 0 aromatic heterocycles. The molecular formula is C10H22N2. The van der Waals surface area contributed by atoms with Crippen molar-refractivity contribution in [1.82, 2.24) is 10.6 Å². The molecule has 2 N–H and O–H groups in total. The molecule has 1 saturated heterocycles. The predicted molar refractivity (Wildman–Crippen MR) is 53.2 cm³/mol. The summed E-state index contributed by atoms with van der Waals surface area (Å²) in [6, 6.07) is 0. The molecule has 0 radical (unpaired) electrons. The average molecular weight is 170 g/mol. The Labute approximate surface area is 76.1 Å². The van der Waals surface area contributed by atoms with Crippen molar-refractivity contribution >= 4 is 0 Å². The monoisotopic (exact) mass is 170 g/mol. The summed E-state index contributed by atoms with van der Waals surface area (Å²) >= 11 is 0. The van der Waals surface area contributed by atoms with Gasteiger partial charge in [-0.2, -0.15) is 0 Å². The minimum absolute atomic E-state index is 0.617. The highest BCUT2D eigenvalue weighted by molar-refractivity contribution is 4.71. The van der Waals surface area contributed by atoms with Gasteiger partial charge in [0, 0.05) is 13.1 Å². The molecular weight excluding hydrogens is 148 g/mol. The van der Waals surface area contributed by atoms with Crippen molar-refractivity contribution in [2.24, 2.45) is 0 Å². The third-order valence-electron chi connectivity index (χ3n) is 2.50. The van der Waals surface area contributed by atoms with Gasteiger partial charge >= 0.3 is 0 Å². The van der Waals surface area contributed by atoms with Crippen LogP contribution in [-0.2, 0) is 0 Å². The lowest BCUT2D eigenvalue weighted by Gasteiger charge is -2.09. The maximum atomic E-state index is 3.44. The Morgan fingerprint density at radius 3 is 2.33 bits per heavy atom. The summed E-state index contributed by atoms with van der Waals surface area (Å²) in [6.07, 6.45) is 8.89. The number of unbranched alkanes of at least 4 members (excludes halogenated alkanes) is 4. The average Bonchev–Trinajstić information content (AvgIpc) is 2.57. The van der Waals surface area contributed by atoms with Crippen LogP contribution in [0.4, 0.5) is 0 Å². The van der Waals surface area contributed by atoms with Crippen LogP contribution in [0, 0.1) is 0 Å². The summed E-state index contributed by atoms with van der Waals surface area (Å²) in [7, 11) is 0. The molecule has 0 aromatic carbocycles. The van der Waals surface area contributed by atoms with E-state index < -0.39 is 0 Å². The molecule has 0 aliphatic carbocycles. The fourth-order valence-corrected chi connectivity index (χ4v) is 1.72. The maximum absolute atomic E-state index is 3.44. The zero-order chi connectivity index (χ0) is 8.65. The highest BCUT2D eigenvalue weighted by Crippen LogP contribution is 2.06. The molecule has 1 heterocycles. The van der Waals surface area contributed by atoms with Crippen LogP contribution in [0.15, 0.2) is 0 Å². The van der Waals surface area contributed by atoms with Crippen LogP contribution in [0.5, 0.6) is 0 Å². The van der Waals surface area contributed by atoms with Gasteiger partial charge < -0.3 is 10.6 Å². The molecule has 1 aliphatic rings. The van der Waals surface area contributed by atoms with Gasteiger partial charge in [0.05, 0.1) is 6.17 Å². The van der Waals surface area contributed by atoms with Crippen LogP contribution >= 0.6 is 0 Å². The Kier molecular flexibility index (Phi) is 5.37. The van der Waals surface area contributed by atoms with Crippen molar-refractivity contribution in [1.29, 1.82) is 0 Å². The van der Waals surface area contributed by atoms with Crippen molar-refractivity contribution < 1.29 is 0 Å². The van der Waals surface area contributed by atoms with E-state index in [2.05, 4.69) is 17.6 Å². The zero-order valence-electron chi connectivity index (χ0n) is 8.23. The molecule has 1 aliphatic heterocycles. The van der Waals surface area contributed by atoms with Crippen molar-refractivity contribution in [2.45, 2.75) is 51.6 Å². The van der Waals surface area contributed by atoms with E-state index in [1.807, 2.05) is 0 Å². The third-order valence-corrected chi connectivity index (χ3v) is 2.50. The Morgan fingerprint density at radius 2 is 1.67 bits per heavy atom. The molecule has 0 bridgehead atoms. The van der Waals surface area contributed by atoms with Crippen molar-refractivity contribution in [3.8, 4) is 0 Å². The third kappa shape index (κ3) is 4.07. The molecule has 0 spiro atoms. The first-order valence-corrected chi connectivity index (χ1v) is 5.40. The normalized spacial score (nSPS) is 18.8. The molecule has 12 heavy (non-hydrogen) atoms. The van der Waals surface area contributed by atoms with Gasteiger partial charge in [-0.1, -0.05) is 39.0 Å². The first-order chi connectivity index (χ1) is 5.93. The van der Waals surface area contributed by atoms with E-state index in [1.165, 1.54) is 38.5 Å². The van der Waals surface area contributed by atoms with Gasteiger partial charge in [-0.05, 0) is 6.42 Å². The molecule has 0 unspecified atom stereocenters. The van der Waals surface area contributed by atoms with E-state index >= 15 is 0 Å². The molecule has 2 nitrogen and oxygen atoms in total. The number of hydrogen-bond donors (Lipinski definition) is 2. The van der Waals surface area contributed by atoms with Gasteiger partial charge in [0.25, 0.3) is 0 Å². The molecule has 0 atom stereocenters. The van der Waals surface area contributed by atoms with Gasteiger partial charge in [-0.3, -0.25) is 0 Å². The largest absolute Gasteiger partial charge is 0.301 e. The lowest BCUT2D eigenvalue weighted by Crippen LogP contribution is -2.30. The molecule has 1 fully saturated rings. The molecule has 72 valence electrons. The number of hydrogen-bond acceptors (Lipinski definition) is 2. The van der Waals surface area contributed by atoms with Crippen molar-refractivity contribution in [2.75, 3.05) is 13.1 Å². The lowest BCUT2D eigenvalue weighted by atomic mass is 10.1. The summed E-state index contributed by atoms with van der Waals surface area (Å²) in [5.74, 6) is 0. The first-order valence-electron chi connectivity index (χ1n) is 5.40. The van der Waals surface area contributed by atoms with E-state index in [4.69, 9.17) is 0 Å². The summed E-state index contributed by atoms with van der Waals surface area (Å²) in [4.78, 5) is 0. The van der Waals surface area contributed by atoms with E-state index in [9.17, 15) is 0 Å². The van der Waals surface area contributed by atoms with Crippen molar-refractivity contribution in [3.63, 3.8) is 0 Å². The highest BCUT2D eigenvalue weighted by Gasteiger charge is 2.10. The predicted octanol–water partition coefficient (Wildman–Crippen LogP) is 1.87. The standard InChI is InChI=1S/C10H22N2/c1-2-3-4-5-6-7-10-11-8-9-12-10/h10-12H,2-9H2,1H3. The van der Waals surface area contributed by atoms with E-state index in [-0.39, 0.29) is 0 Å². The van der Waals surface area contributed by atoms with E-state index in [0.717, 1.165) is 13.1 Å². The van der Waals surface area contributed by atoms with Gasteiger partial charge in [0.1, 0.15) is 0 Å². The van der Waals surface area contributed by atoms with E-state index in [0.29, 0.717) is 6.17 Å². The second-order valence-electron chi connectivity index (χ2n) is 3.66. The molecule has 0 aromatic rings. The quantitative estimate of drug-likeness (QED) is 0.595. The first kappa shape index (κ1) is 10.0. The summed E-state index contributed by atoms with van der Waals surface area (Å²) in [6.45, 7) is 4.57.